The number of amides is 1. The van der Waals surface area contributed by atoms with Crippen LogP contribution < -0.4 is 10.2 Å². The average molecular weight is 423 g/mol. The van der Waals surface area contributed by atoms with E-state index in [-0.39, 0.29) is 17.7 Å². The summed E-state index contributed by atoms with van der Waals surface area (Å²) in [5.74, 6) is 0.790. The number of hydrogen-bond acceptors (Lipinski definition) is 5. The van der Waals surface area contributed by atoms with Crippen LogP contribution >= 0.6 is 23.2 Å². The second-order valence-corrected chi connectivity index (χ2v) is 8.36. The van der Waals surface area contributed by atoms with Gasteiger partial charge in [0.25, 0.3) is 5.91 Å². The van der Waals surface area contributed by atoms with Gasteiger partial charge in [-0.05, 0) is 43.9 Å². The largest absolute Gasteiger partial charge is 0.368 e. The van der Waals surface area contributed by atoms with E-state index in [1.165, 1.54) is 12.6 Å². The van der Waals surface area contributed by atoms with Crippen molar-refractivity contribution in [1.29, 1.82) is 0 Å². The fraction of sp³-hybridized carbons (Fsp3) is 0.500. The SMILES string of the molecule is O=C(N[C@H]1C[C@H](CCN2CCN(c3cccc(Cl)c3Cl)CC2)C1)c1ccno1. The van der Waals surface area contributed by atoms with Crippen LogP contribution in [0.15, 0.2) is 35.0 Å². The maximum atomic E-state index is 11.9. The number of anilines is 1. The monoisotopic (exact) mass is 422 g/mol. The molecule has 2 fully saturated rings. The minimum absolute atomic E-state index is 0.170. The number of carbonyl (C=O) groups is 1. The first kappa shape index (κ1) is 19.6. The van der Waals surface area contributed by atoms with Crippen molar-refractivity contribution in [1.82, 2.24) is 15.4 Å². The van der Waals surface area contributed by atoms with E-state index in [4.69, 9.17) is 27.7 Å². The third-order valence-corrected chi connectivity index (χ3v) is 6.54. The molecule has 0 spiro atoms. The fourth-order valence-corrected chi connectivity index (χ4v) is 4.41. The molecule has 1 saturated carbocycles. The Morgan fingerprint density at radius 1 is 1.18 bits per heavy atom. The Hall–Kier alpha value is -1.76. The molecule has 150 valence electrons. The molecule has 1 N–H and O–H groups in total. The number of hydrogen-bond donors (Lipinski definition) is 1. The highest BCUT2D eigenvalue weighted by atomic mass is 35.5. The van der Waals surface area contributed by atoms with Gasteiger partial charge in [-0.25, -0.2) is 0 Å². The first-order valence-corrected chi connectivity index (χ1v) is 10.5. The predicted octanol–water partition coefficient (Wildman–Crippen LogP) is 3.70. The molecule has 2 aliphatic rings. The zero-order valence-corrected chi connectivity index (χ0v) is 17.1. The van der Waals surface area contributed by atoms with Crippen LogP contribution in [0.25, 0.3) is 0 Å². The van der Waals surface area contributed by atoms with Gasteiger partial charge in [0.1, 0.15) is 0 Å². The number of halogens is 2. The molecule has 4 rings (SSSR count). The lowest BCUT2D eigenvalue weighted by atomic mass is 9.78. The molecule has 1 aliphatic heterocycles. The maximum Gasteiger partial charge on any atom is 0.290 e. The van der Waals surface area contributed by atoms with Crippen molar-refractivity contribution in [3.8, 4) is 0 Å². The topological polar surface area (TPSA) is 61.6 Å². The number of aromatic nitrogens is 1. The minimum Gasteiger partial charge on any atom is -0.368 e. The van der Waals surface area contributed by atoms with Crippen molar-refractivity contribution in [2.45, 2.75) is 25.3 Å². The number of carbonyl (C=O) groups excluding carboxylic acids is 1. The second-order valence-electron chi connectivity index (χ2n) is 7.57. The summed E-state index contributed by atoms with van der Waals surface area (Å²) in [6.45, 7) is 5.08. The summed E-state index contributed by atoms with van der Waals surface area (Å²) < 4.78 is 4.88. The maximum absolute atomic E-state index is 11.9. The Labute approximate surface area is 174 Å². The van der Waals surface area contributed by atoms with Crippen LogP contribution in [-0.4, -0.2) is 54.7 Å². The molecule has 1 aromatic carbocycles. The molecule has 6 nitrogen and oxygen atoms in total. The molecule has 28 heavy (non-hydrogen) atoms. The molecule has 1 aromatic heterocycles. The summed E-state index contributed by atoms with van der Waals surface area (Å²) >= 11 is 12.5. The molecule has 2 heterocycles. The Balaban J connectivity index is 1.15. The molecular formula is C20H24Cl2N4O2. The summed E-state index contributed by atoms with van der Waals surface area (Å²) in [5, 5.41) is 7.82. The lowest BCUT2D eigenvalue weighted by Crippen LogP contribution is -2.48. The Morgan fingerprint density at radius 3 is 2.68 bits per heavy atom. The van der Waals surface area contributed by atoms with Gasteiger partial charge >= 0.3 is 0 Å². The van der Waals surface area contributed by atoms with E-state index in [1.807, 2.05) is 18.2 Å². The highest BCUT2D eigenvalue weighted by Gasteiger charge is 2.31. The fourth-order valence-electron chi connectivity index (χ4n) is 3.99. The highest BCUT2D eigenvalue weighted by Crippen LogP contribution is 2.33. The first-order chi connectivity index (χ1) is 13.6. The third kappa shape index (κ3) is 4.45. The number of nitrogens with zero attached hydrogens (tertiary/aromatic N) is 3. The van der Waals surface area contributed by atoms with Crippen molar-refractivity contribution in [2.75, 3.05) is 37.6 Å². The van der Waals surface area contributed by atoms with Crippen molar-refractivity contribution < 1.29 is 9.32 Å². The smallest absolute Gasteiger partial charge is 0.290 e. The van der Waals surface area contributed by atoms with E-state index in [2.05, 4.69) is 20.3 Å². The van der Waals surface area contributed by atoms with Gasteiger partial charge in [0.15, 0.2) is 0 Å². The molecule has 1 amide bonds. The van der Waals surface area contributed by atoms with Crippen molar-refractivity contribution in [2.24, 2.45) is 5.92 Å². The second kappa shape index (κ2) is 8.72. The van der Waals surface area contributed by atoms with Crippen LogP contribution in [0, 0.1) is 5.92 Å². The minimum atomic E-state index is -0.170. The molecule has 0 radical (unpaired) electrons. The quantitative estimate of drug-likeness (QED) is 0.768. The Morgan fingerprint density at radius 2 is 1.96 bits per heavy atom. The number of rotatable bonds is 6. The van der Waals surface area contributed by atoms with Gasteiger partial charge in [-0.3, -0.25) is 9.69 Å². The summed E-state index contributed by atoms with van der Waals surface area (Å²) in [5.41, 5.74) is 1.03. The number of benzene rings is 1. The molecule has 1 aliphatic carbocycles. The third-order valence-electron chi connectivity index (χ3n) is 5.73. The van der Waals surface area contributed by atoms with Crippen molar-refractivity contribution >= 4 is 34.8 Å². The summed E-state index contributed by atoms with van der Waals surface area (Å²) in [4.78, 5) is 16.8. The average Bonchev–Trinajstić information content (AvgIpc) is 3.21. The van der Waals surface area contributed by atoms with Crippen LogP contribution in [0.2, 0.25) is 10.0 Å². The predicted molar refractivity (Wildman–Crippen MR) is 110 cm³/mol. The van der Waals surface area contributed by atoms with Gasteiger partial charge in [-0.1, -0.05) is 34.4 Å². The molecule has 8 heteroatoms. The summed E-state index contributed by atoms with van der Waals surface area (Å²) in [6.07, 6.45) is 4.74. The Kier molecular flexibility index (Phi) is 6.09. The van der Waals surface area contributed by atoms with Crippen molar-refractivity contribution in [3.63, 3.8) is 0 Å². The van der Waals surface area contributed by atoms with Gasteiger partial charge in [0.05, 0.1) is 21.9 Å². The molecule has 0 unspecified atom stereocenters. The lowest BCUT2D eigenvalue weighted by Gasteiger charge is -2.39. The van der Waals surface area contributed by atoms with Gasteiger partial charge < -0.3 is 14.7 Å². The molecule has 1 saturated heterocycles. The van der Waals surface area contributed by atoms with Crippen LogP contribution in [0.1, 0.15) is 29.8 Å². The zero-order chi connectivity index (χ0) is 19.5. The van der Waals surface area contributed by atoms with Gasteiger partial charge in [0.2, 0.25) is 5.76 Å². The molecular weight excluding hydrogens is 399 g/mol. The summed E-state index contributed by atoms with van der Waals surface area (Å²) in [6, 6.07) is 7.64. The van der Waals surface area contributed by atoms with Crippen LogP contribution in [0.3, 0.4) is 0 Å². The van der Waals surface area contributed by atoms with E-state index in [9.17, 15) is 4.79 Å². The van der Waals surface area contributed by atoms with Gasteiger partial charge in [0, 0.05) is 38.3 Å². The van der Waals surface area contributed by atoms with E-state index in [0.717, 1.165) is 51.3 Å². The van der Waals surface area contributed by atoms with Crippen LogP contribution in [0.5, 0.6) is 0 Å². The van der Waals surface area contributed by atoms with Crippen molar-refractivity contribution in [3.05, 3.63) is 46.3 Å². The van der Waals surface area contributed by atoms with E-state index >= 15 is 0 Å². The highest BCUT2D eigenvalue weighted by molar-refractivity contribution is 6.43. The lowest BCUT2D eigenvalue weighted by molar-refractivity contribution is 0.0840. The standard InChI is InChI=1S/C20H24Cl2N4O2/c21-16-2-1-3-17(19(16)22)26-10-8-25(9-11-26)7-5-14-12-15(13-14)24-20(27)18-4-6-23-28-18/h1-4,6,14-15H,5,7-13H2,(H,24,27)/t14-,15-. The zero-order valence-electron chi connectivity index (χ0n) is 15.6. The summed E-state index contributed by atoms with van der Waals surface area (Å²) in [7, 11) is 0. The van der Waals surface area contributed by atoms with Gasteiger partial charge in [-0.2, -0.15) is 0 Å². The first-order valence-electron chi connectivity index (χ1n) is 9.73. The number of piperazine rings is 1. The molecule has 0 bridgehead atoms. The number of nitrogens with one attached hydrogen (secondary N) is 1. The Bertz CT molecular complexity index is 801. The molecule has 2 aromatic rings. The van der Waals surface area contributed by atoms with Gasteiger partial charge in [-0.15, -0.1) is 0 Å². The van der Waals surface area contributed by atoms with Crippen LogP contribution in [-0.2, 0) is 0 Å². The van der Waals surface area contributed by atoms with E-state index in [1.54, 1.807) is 6.07 Å². The van der Waals surface area contributed by atoms with E-state index in [0.29, 0.717) is 16.0 Å². The van der Waals surface area contributed by atoms with Crippen LogP contribution in [0.4, 0.5) is 5.69 Å². The van der Waals surface area contributed by atoms with E-state index < -0.39 is 0 Å². The molecule has 0 atom stereocenters. The normalized spacial score (nSPS) is 22.7.